The second-order valence-electron chi connectivity index (χ2n) is 6.91. The zero-order chi connectivity index (χ0) is 23.0. The van der Waals surface area contributed by atoms with Gasteiger partial charge in [0.25, 0.3) is 0 Å². The Morgan fingerprint density at radius 2 is 2.03 bits per heavy atom. The molecule has 0 saturated carbocycles. The molecule has 7 nitrogen and oxygen atoms in total. The summed E-state index contributed by atoms with van der Waals surface area (Å²) in [4.78, 5) is 22.2. The molecule has 0 unspecified atom stereocenters. The third kappa shape index (κ3) is 4.58. The molecule has 0 aliphatic heterocycles. The zero-order valence-electron chi connectivity index (χ0n) is 16.7. The topological polar surface area (TPSA) is 89.6 Å². The van der Waals surface area contributed by atoms with Crippen LogP contribution in [0, 0.1) is 13.8 Å². The van der Waals surface area contributed by atoms with E-state index in [9.17, 15) is 18.0 Å². The second kappa shape index (κ2) is 8.47. The third-order valence-corrected chi connectivity index (χ3v) is 6.14. The molecular formula is C20H15ClF3N5O2S. The van der Waals surface area contributed by atoms with Gasteiger partial charge in [-0.05, 0) is 43.3 Å². The number of alkyl halides is 3. The number of H-pyrrole nitrogens is 1. The van der Waals surface area contributed by atoms with Crippen molar-refractivity contribution in [2.75, 3.05) is 0 Å². The molecule has 0 saturated heterocycles. The SMILES string of the molecule is Cc1nc(Sc2ncc(C(F)(F)F)cc2Cl)n(Cc2cccc(-c3noc(=O)[nH]3)c2)c1C. The van der Waals surface area contributed by atoms with E-state index in [2.05, 4.69) is 24.6 Å². The number of benzene rings is 1. The lowest BCUT2D eigenvalue weighted by molar-refractivity contribution is -0.137. The summed E-state index contributed by atoms with van der Waals surface area (Å²) in [6.45, 7) is 4.16. The molecule has 0 aliphatic carbocycles. The number of aromatic amines is 1. The molecule has 0 radical (unpaired) electrons. The Hall–Kier alpha value is -3.05. The number of aryl methyl sites for hydroxylation is 1. The van der Waals surface area contributed by atoms with Crippen molar-refractivity contribution < 1.29 is 17.7 Å². The summed E-state index contributed by atoms with van der Waals surface area (Å²) >= 11 is 7.15. The van der Waals surface area contributed by atoms with Gasteiger partial charge in [0.05, 0.1) is 16.3 Å². The first-order valence-corrected chi connectivity index (χ1v) is 10.4. The number of hydrogen-bond donors (Lipinski definition) is 1. The highest BCUT2D eigenvalue weighted by atomic mass is 35.5. The van der Waals surface area contributed by atoms with Crippen LogP contribution < -0.4 is 5.76 Å². The van der Waals surface area contributed by atoms with Crippen molar-refractivity contribution in [2.45, 2.75) is 36.8 Å². The number of pyridine rings is 1. The summed E-state index contributed by atoms with van der Waals surface area (Å²) in [6.07, 6.45) is -3.77. The predicted octanol–water partition coefficient (Wildman–Crippen LogP) is 5.11. The average molecular weight is 482 g/mol. The van der Waals surface area contributed by atoms with E-state index in [0.29, 0.717) is 23.1 Å². The molecule has 4 aromatic rings. The van der Waals surface area contributed by atoms with Gasteiger partial charge in [0.15, 0.2) is 11.0 Å². The van der Waals surface area contributed by atoms with Crippen molar-refractivity contribution in [2.24, 2.45) is 0 Å². The number of rotatable bonds is 5. The number of imidazole rings is 1. The Bertz CT molecular complexity index is 1350. The highest BCUT2D eigenvalue weighted by Crippen LogP contribution is 2.36. The quantitative estimate of drug-likeness (QED) is 0.426. The first kappa shape index (κ1) is 22.2. The lowest BCUT2D eigenvalue weighted by atomic mass is 10.1. The summed E-state index contributed by atoms with van der Waals surface area (Å²) in [5.41, 5.74) is 2.30. The molecule has 1 N–H and O–H groups in total. The van der Waals surface area contributed by atoms with Crippen LogP contribution in [0.15, 0.2) is 56.0 Å². The molecule has 3 aromatic heterocycles. The molecule has 3 heterocycles. The maximum Gasteiger partial charge on any atom is 0.439 e. The van der Waals surface area contributed by atoms with Crippen LogP contribution in [0.25, 0.3) is 11.4 Å². The van der Waals surface area contributed by atoms with E-state index in [1.165, 1.54) is 0 Å². The molecular weight excluding hydrogens is 467 g/mol. The van der Waals surface area contributed by atoms with Crippen LogP contribution in [0.1, 0.15) is 22.5 Å². The number of aromatic nitrogens is 5. The van der Waals surface area contributed by atoms with Crippen LogP contribution in [0.2, 0.25) is 5.02 Å². The Balaban J connectivity index is 1.64. The van der Waals surface area contributed by atoms with E-state index in [4.69, 9.17) is 11.6 Å². The highest BCUT2D eigenvalue weighted by Gasteiger charge is 2.31. The molecule has 32 heavy (non-hydrogen) atoms. The van der Waals surface area contributed by atoms with Gasteiger partial charge in [-0.25, -0.2) is 14.8 Å². The Morgan fingerprint density at radius 3 is 2.69 bits per heavy atom. The van der Waals surface area contributed by atoms with Gasteiger partial charge in [0.1, 0.15) is 5.03 Å². The highest BCUT2D eigenvalue weighted by molar-refractivity contribution is 7.99. The maximum absolute atomic E-state index is 12.9. The Labute approximate surface area is 188 Å². The number of nitrogens with zero attached hydrogens (tertiary/aromatic N) is 4. The smallest absolute Gasteiger partial charge is 0.318 e. The Morgan fingerprint density at radius 1 is 1.25 bits per heavy atom. The minimum absolute atomic E-state index is 0.105. The minimum Gasteiger partial charge on any atom is -0.318 e. The lowest BCUT2D eigenvalue weighted by Gasteiger charge is -2.12. The van der Waals surface area contributed by atoms with Gasteiger partial charge in [-0.3, -0.25) is 9.51 Å². The number of nitrogens with one attached hydrogen (secondary N) is 1. The van der Waals surface area contributed by atoms with Crippen molar-refractivity contribution in [1.82, 2.24) is 24.7 Å². The van der Waals surface area contributed by atoms with E-state index in [-0.39, 0.29) is 10.0 Å². The fraction of sp³-hybridized carbons (Fsp3) is 0.200. The second-order valence-corrected chi connectivity index (χ2v) is 8.27. The zero-order valence-corrected chi connectivity index (χ0v) is 18.3. The molecule has 0 atom stereocenters. The molecule has 0 bridgehead atoms. The first-order chi connectivity index (χ1) is 15.1. The third-order valence-electron chi connectivity index (χ3n) is 4.73. The largest absolute Gasteiger partial charge is 0.439 e. The van der Waals surface area contributed by atoms with Crippen LogP contribution in [-0.4, -0.2) is 24.7 Å². The lowest BCUT2D eigenvalue weighted by Crippen LogP contribution is -2.06. The van der Waals surface area contributed by atoms with Crippen molar-refractivity contribution in [3.63, 3.8) is 0 Å². The fourth-order valence-corrected chi connectivity index (χ4v) is 4.19. The maximum atomic E-state index is 12.9. The van der Waals surface area contributed by atoms with Gasteiger partial charge >= 0.3 is 11.9 Å². The predicted molar refractivity (Wildman–Crippen MR) is 112 cm³/mol. The normalized spacial score (nSPS) is 11.8. The first-order valence-electron chi connectivity index (χ1n) is 9.21. The van der Waals surface area contributed by atoms with Gasteiger partial charge in [-0.1, -0.05) is 35.0 Å². The monoisotopic (exact) mass is 481 g/mol. The van der Waals surface area contributed by atoms with Gasteiger partial charge in [0.2, 0.25) is 0 Å². The van der Waals surface area contributed by atoms with E-state index >= 15 is 0 Å². The van der Waals surface area contributed by atoms with Crippen LogP contribution in [0.3, 0.4) is 0 Å². The molecule has 0 spiro atoms. The van der Waals surface area contributed by atoms with Crippen LogP contribution in [0.5, 0.6) is 0 Å². The van der Waals surface area contributed by atoms with Crippen LogP contribution in [0.4, 0.5) is 13.2 Å². The van der Waals surface area contributed by atoms with Gasteiger partial charge in [-0.2, -0.15) is 13.2 Å². The van der Waals surface area contributed by atoms with Crippen LogP contribution in [-0.2, 0) is 12.7 Å². The van der Waals surface area contributed by atoms with E-state index in [1.807, 2.05) is 36.6 Å². The minimum atomic E-state index is -4.52. The van der Waals surface area contributed by atoms with Crippen molar-refractivity contribution in [1.29, 1.82) is 0 Å². The standard InChI is InChI=1S/C20H15ClF3N5O2S/c1-10-11(2)29(9-12-4-3-5-13(6-12)16-27-19(30)31-28-16)18(26-10)32-17-15(21)7-14(8-25-17)20(22,23)24/h3-8H,9H2,1-2H3,(H,27,28,30). The van der Waals surface area contributed by atoms with Crippen molar-refractivity contribution in [3.8, 4) is 11.4 Å². The molecule has 0 amide bonds. The van der Waals surface area contributed by atoms with E-state index in [0.717, 1.165) is 41.0 Å². The average Bonchev–Trinajstić information content (AvgIpc) is 3.28. The summed E-state index contributed by atoms with van der Waals surface area (Å²) < 4.78 is 45.2. The number of halogens is 4. The summed E-state index contributed by atoms with van der Waals surface area (Å²) in [5, 5.41) is 4.35. The summed E-state index contributed by atoms with van der Waals surface area (Å²) in [5.74, 6) is -0.336. The van der Waals surface area contributed by atoms with E-state index in [1.54, 1.807) is 6.07 Å². The van der Waals surface area contributed by atoms with Crippen molar-refractivity contribution >= 4 is 23.4 Å². The molecule has 12 heteroatoms. The molecule has 166 valence electrons. The summed E-state index contributed by atoms with van der Waals surface area (Å²) in [7, 11) is 0. The van der Waals surface area contributed by atoms with Gasteiger partial charge < -0.3 is 4.57 Å². The van der Waals surface area contributed by atoms with Gasteiger partial charge in [0, 0.05) is 24.0 Å². The van der Waals surface area contributed by atoms with Crippen molar-refractivity contribution in [3.05, 3.63) is 74.6 Å². The summed E-state index contributed by atoms with van der Waals surface area (Å²) in [6, 6.07) is 8.20. The molecule has 0 fully saturated rings. The Kier molecular flexibility index (Phi) is 5.87. The molecule has 0 aliphatic rings. The molecule has 1 aromatic carbocycles. The van der Waals surface area contributed by atoms with Crippen LogP contribution >= 0.6 is 23.4 Å². The van der Waals surface area contributed by atoms with E-state index < -0.39 is 17.5 Å². The fourth-order valence-electron chi connectivity index (χ4n) is 2.98. The number of hydrogen-bond acceptors (Lipinski definition) is 6. The van der Waals surface area contributed by atoms with Gasteiger partial charge in [-0.15, -0.1) is 0 Å². The molecule has 4 rings (SSSR count).